The van der Waals surface area contributed by atoms with E-state index in [0.29, 0.717) is 37.3 Å². The number of carbonyl (C=O) groups is 2. The van der Waals surface area contributed by atoms with Crippen molar-refractivity contribution in [1.82, 2.24) is 10.0 Å². The maximum atomic E-state index is 12.0. The Hall–Kier alpha value is -2.42. The highest BCUT2D eigenvalue weighted by Gasteiger charge is 2.30. The molecule has 1 amide bonds. The van der Waals surface area contributed by atoms with Gasteiger partial charge in [0.25, 0.3) is 10.0 Å². The summed E-state index contributed by atoms with van der Waals surface area (Å²) in [6, 6.07) is 6.59. The number of hydrogen-bond acceptors (Lipinski definition) is 5. The molecule has 8 nitrogen and oxygen atoms in total. The highest BCUT2D eigenvalue weighted by Crippen LogP contribution is 2.22. The van der Waals surface area contributed by atoms with Crippen LogP contribution >= 0.6 is 0 Å². The summed E-state index contributed by atoms with van der Waals surface area (Å²) < 4.78 is 26.3. The molecule has 1 aromatic rings. The van der Waals surface area contributed by atoms with Crippen LogP contribution in [0.25, 0.3) is 0 Å². The summed E-state index contributed by atoms with van der Waals surface area (Å²) >= 11 is 0. The quantitative estimate of drug-likeness (QED) is 0.582. The van der Waals surface area contributed by atoms with Crippen molar-refractivity contribution < 1.29 is 23.1 Å². The Balaban J connectivity index is 1.78. The zero-order valence-electron chi connectivity index (χ0n) is 14.8. The van der Waals surface area contributed by atoms with E-state index in [1.807, 2.05) is 0 Å². The molecule has 1 aromatic carbocycles. The number of nitrogens with one attached hydrogen (secondary N) is 2. The number of rotatable bonds is 8. The minimum atomic E-state index is -3.55. The lowest BCUT2D eigenvalue weighted by molar-refractivity contribution is -0.147. The minimum absolute atomic E-state index is 0.182. The largest absolute Gasteiger partial charge is 0.481 e. The topological polar surface area (TPSA) is 125 Å². The normalized spacial score (nSPS) is 16.8. The van der Waals surface area contributed by atoms with E-state index in [1.54, 1.807) is 32.0 Å². The molecule has 0 atom stereocenters. The minimum Gasteiger partial charge on any atom is -0.481 e. The molecular formula is C17H23N3O5S. The first-order valence-corrected chi connectivity index (χ1v) is 9.78. The number of aliphatic imine (C=N–C) groups is 1. The van der Waals surface area contributed by atoms with Crippen LogP contribution in [0, 0.1) is 5.41 Å². The van der Waals surface area contributed by atoms with Gasteiger partial charge in [-0.15, -0.1) is 0 Å². The number of benzene rings is 1. The number of sulfonamides is 1. The summed E-state index contributed by atoms with van der Waals surface area (Å²) in [6.07, 6.45) is 1.04. The van der Waals surface area contributed by atoms with Crippen LogP contribution in [-0.4, -0.2) is 44.3 Å². The Labute approximate surface area is 152 Å². The molecule has 3 N–H and O–H groups in total. The highest BCUT2D eigenvalue weighted by molar-refractivity contribution is 7.90. The standard InChI is InChI=1S/C17H23N3O5S/c1-17(2,16(22)23)9-11-18-14(21)8-5-10-19-15-12-6-3-4-7-13(12)26(24,25)20-15/h3-4,6-7H,5,8-11H2,1-2H3,(H,18,21)(H,19,20)(H,22,23). The van der Waals surface area contributed by atoms with E-state index < -0.39 is 21.4 Å². The van der Waals surface area contributed by atoms with Crippen molar-refractivity contribution in [2.75, 3.05) is 13.1 Å². The predicted octanol–water partition coefficient (Wildman–Crippen LogP) is 1.12. The molecule has 0 aromatic heterocycles. The summed E-state index contributed by atoms with van der Waals surface area (Å²) in [7, 11) is -3.55. The zero-order valence-corrected chi connectivity index (χ0v) is 15.6. The lowest BCUT2D eigenvalue weighted by atomic mass is 9.90. The van der Waals surface area contributed by atoms with Crippen LogP contribution in [0.15, 0.2) is 34.2 Å². The Morgan fingerprint density at radius 3 is 2.65 bits per heavy atom. The van der Waals surface area contributed by atoms with E-state index >= 15 is 0 Å². The van der Waals surface area contributed by atoms with Gasteiger partial charge in [0.1, 0.15) is 5.84 Å². The van der Waals surface area contributed by atoms with Gasteiger partial charge in [0.05, 0.1) is 10.3 Å². The third kappa shape index (κ3) is 4.81. The molecule has 0 saturated heterocycles. The molecule has 9 heteroatoms. The third-order valence-electron chi connectivity index (χ3n) is 4.15. The fourth-order valence-electron chi connectivity index (χ4n) is 2.39. The third-order valence-corrected chi connectivity index (χ3v) is 5.54. The molecule has 1 aliphatic heterocycles. The van der Waals surface area contributed by atoms with E-state index in [9.17, 15) is 18.0 Å². The van der Waals surface area contributed by atoms with E-state index in [2.05, 4.69) is 15.0 Å². The zero-order chi connectivity index (χ0) is 19.4. The number of amidine groups is 1. The van der Waals surface area contributed by atoms with Crippen molar-refractivity contribution in [3.8, 4) is 0 Å². The molecule has 1 aliphatic rings. The first-order valence-electron chi connectivity index (χ1n) is 8.30. The fourth-order valence-corrected chi connectivity index (χ4v) is 3.64. The van der Waals surface area contributed by atoms with Gasteiger partial charge >= 0.3 is 5.97 Å². The Bertz CT molecular complexity index is 831. The molecule has 0 saturated carbocycles. The Morgan fingerprint density at radius 2 is 1.96 bits per heavy atom. The van der Waals surface area contributed by atoms with Crippen molar-refractivity contribution in [3.05, 3.63) is 29.8 Å². The monoisotopic (exact) mass is 381 g/mol. The van der Waals surface area contributed by atoms with Gasteiger partial charge in [-0.05, 0) is 38.8 Å². The fraction of sp³-hybridized carbons (Fsp3) is 0.471. The predicted molar refractivity (Wildman–Crippen MR) is 96.4 cm³/mol. The van der Waals surface area contributed by atoms with Crippen LogP contribution in [0.4, 0.5) is 0 Å². The van der Waals surface area contributed by atoms with Crippen LogP contribution in [0.5, 0.6) is 0 Å². The molecule has 0 unspecified atom stereocenters. The molecule has 0 aliphatic carbocycles. The molecule has 2 rings (SSSR count). The number of amides is 1. The second kappa shape index (κ2) is 7.86. The molecule has 0 fully saturated rings. The van der Waals surface area contributed by atoms with Crippen LogP contribution in [0.1, 0.15) is 38.7 Å². The summed E-state index contributed by atoms with van der Waals surface area (Å²) in [6.45, 7) is 3.82. The Morgan fingerprint density at radius 1 is 1.27 bits per heavy atom. The van der Waals surface area contributed by atoms with Crippen LogP contribution < -0.4 is 10.0 Å². The van der Waals surface area contributed by atoms with E-state index in [1.165, 1.54) is 6.07 Å². The Kier molecular flexibility index (Phi) is 6.01. The maximum absolute atomic E-state index is 12.0. The molecule has 0 radical (unpaired) electrons. The van der Waals surface area contributed by atoms with Crippen molar-refractivity contribution in [2.45, 2.75) is 38.0 Å². The van der Waals surface area contributed by atoms with Gasteiger partial charge in [-0.25, -0.2) is 8.42 Å². The molecule has 1 heterocycles. The number of carboxylic acid groups (broad SMARTS) is 1. The van der Waals surface area contributed by atoms with E-state index in [0.717, 1.165) is 0 Å². The summed E-state index contributed by atoms with van der Waals surface area (Å²) in [5.74, 6) is -0.787. The van der Waals surface area contributed by atoms with E-state index in [4.69, 9.17) is 5.11 Å². The first kappa shape index (κ1) is 19.9. The van der Waals surface area contributed by atoms with Crippen molar-refractivity contribution in [3.63, 3.8) is 0 Å². The summed E-state index contributed by atoms with van der Waals surface area (Å²) in [5.41, 5.74) is -0.348. The molecule has 0 spiro atoms. The van der Waals surface area contributed by atoms with Gasteiger partial charge in [-0.1, -0.05) is 12.1 Å². The number of hydrogen-bond donors (Lipinski definition) is 3. The van der Waals surface area contributed by atoms with Gasteiger partial charge < -0.3 is 10.4 Å². The number of carboxylic acids is 1. The van der Waals surface area contributed by atoms with Gasteiger partial charge in [0, 0.05) is 25.1 Å². The van der Waals surface area contributed by atoms with Crippen LogP contribution in [0.3, 0.4) is 0 Å². The van der Waals surface area contributed by atoms with Crippen molar-refractivity contribution in [2.24, 2.45) is 10.4 Å². The second-order valence-electron chi connectivity index (χ2n) is 6.72. The average molecular weight is 381 g/mol. The van der Waals surface area contributed by atoms with Gasteiger partial charge in [0.15, 0.2) is 0 Å². The van der Waals surface area contributed by atoms with Crippen molar-refractivity contribution in [1.29, 1.82) is 0 Å². The van der Waals surface area contributed by atoms with E-state index in [-0.39, 0.29) is 17.2 Å². The number of nitrogens with zero attached hydrogens (tertiary/aromatic N) is 1. The smallest absolute Gasteiger partial charge is 0.309 e. The SMILES string of the molecule is CC(C)(CCNC(=O)CCCN=C1NS(=O)(=O)c2ccccc21)C(=O)O. The lowest BCUT2D eigenvalue weighted by Gasteiger charge is -2.18. The summed E-state index contributed by atoms with van der Waals surface area (Å²) in [5, 5.41) is 11.7. The van der Waals surface area contributed by atoms with Crippen LogP contribution in [-0.2, 0) is 19.6 Å². The number of carbonyl (C=O) groups excluding carboxylic acids is 1. The van der Waals surface area contributed by atoms with Crippen LogP contribution in [0.2, 0.25) is 0 Å². The first-order chi connectivity index (χ1) is 12.1. The molecule has 0 bridgehead atoms. The van der Waals surface area contributed by atoms with Gasteiger partial charge in [-0.3, -0.25) is 19.3 Å². The molecule has 142 valence electrons. The number of fused-ring (bicyclic) bond motifs is 1. The summed E-state index contributed by atoms with van der Waals surface area (Å²) in [4.78, 5) is 27.2. The van der Waals surface area contributed by atoms with Gasteiger partial charge in [0.2, 0.25) is 5.91 Å². The second-order valence-corrected chi connectivity index (χ2v) is 8.38. The average Bonchev–Trinajstić information content (AvgIpc) is 2.82. The molecule has 26 heavy (non-hydrogen) atoms. The van der Waals surface area contributed by atoms with Gasteiger partial charge in [-0.2, -0.15) is 0 Å². The maximum Gasteiger partial charge on any atom is 0.309 e. The highest BCUT2D eigenvalue weighted by atomic mass is 32.2. The molecular weight excluding hydrogens is 358 g/mol. The van der Waals surface area contributed by atoms with Crippen molar-refractivity contribution >= 4 is 27.7 Å². The number of aliphatic carboxylic acids is 1. The lowest BCUT2D eigenvalue weighted by Crippen LogP contribution is -2.31.